The molecule has 2 rings (SSSR count). The van der Waals surface area contributed by atoms with E-state index in [0.29, 0.717) is 10.6 Å². The molecule has 0 amide bonds. The fourth-order valence-electron chi connectivity index (χ4n) is 1.29. The molecule has 1 heterocycles. The lowest BCUT2D eigenvalue weighted by molar-refractivity contribution is 0.112. The second-order valence-electron chi connectivity index (χ2n) is 3.13. The quantitative estimate of drug-likeness (QED) is 0.463. The average Bonchev–Trinajstić information content (AvgIpc) is 2.70. The molecule has 76 valence electrons. The van der Waals surface area contributed by atoms with Crippen molar-refractivity contribution in [2.45, 2.75) is 0 Å². The van der Waals surface area contributed by atoms with Crippen LogP contribution in [0.1, 0.15) is 9.67 Å². The van der Waals surface area contributed by atoms with Gasteiger partial charge in [-0.1, -0.05) is 6.07 Å². The van der Waals surface area contributed by atoms with Crippen LogP contribution in [0.2, 0.25) is 0 Å². The SMILES string of the molecule is Nc1ccc(-c2csc(C=O)c2)cc1O. The molecule has 1 aromatic carbocycles. The summed E-state index contributed by atoms with van der Waals surface area (Å²) < 4.78 is 0. The van der Waals surface area contributed by atoms with Gasteiger partial charge in [0.05, 0.1) is 10.6 Å². The number of phenols is 1. The summed E-state index contributed by atoms with van der Waals surface area (Å²) in [5.41, 5.74) is 7.61. The third-order valence-corrected chi connectivity index (χ3v) is 2.96. The Hall–Kier alpha value is -1.81. The Morgan fingerprint density at radius 3 is 2.67 bits per heavy atom. The molecule has 0 bridgehead atoms. The number of thiophene rings is 1. The van der Waals surface area contributed by atoms with E-state index >= 15 is 0 Å². The van der Waals surface area contributed by atoms with Crippen molar-refractivity contribution in [3.05, 3.63) is 34.5 Å². The minimum absolute atomic E-state index is 0.0614. The first-order valence-corrected chi connectivity index (χ1v) is 5.21. The molecule has 2 aromatic rings. The fourth-order valence-corrected chi connectivity index (χ4v) is 2.01. The molecule has 3 N–H and O–H groups in total. The molecule has 0 atom stereocenters. The summed E-state index contributed by atoms with van der Waals surface area (Å²) in [6, 6.07) is 6.82. The van der Waals surface area contributed by atoms with E-state index in [9.17, 15) is 9.90 Å². The number of benzene rings is 1. The summed E-state index contributed by atoms with van der Waals surface area (Å²) in [6.07, 6.45) is 0.811. The van der Waals surface area contributed by atoms with E-state index in [2.05, 4.69) is 0 Å². The zero-order valence-corrected chi connectivity index (χ0v) is 8.62. The van der Waals surface area contributed by atoms with Crippen molar-refractivity contribution in [2.75, 3.05) is 5.73 Å². The molecular weight excluding hydrogens is 210 g/mol. The Morgan fingerprint density at radius 1 is 1.27 bits per heavy atom. The number of nitrogen functional groups attached to an aromatic ring is 1. The van der Waals surface area contributed by atoms with Gasteiger partial charge in [0.25, 0.3) is 0 Å². The zero-order chi connectivity index (χ0) is 10.8. The Balaban J connectivity index is 2.44. The topological polar surface area (TPSA) is 63.3 Å². The number of nitrogens with two attached hydrogens (primary N) is 1. The molecule has 3 nitrogen and oxygen atoms in total. The Bertz CT molecular complexity index is 505. The van der Waals surface area contributed by atoms with Gasteiger partial charge >= 0.3 is 0 Å². The van der Waals surface area contributed by atoms with Crippen LogP contribution in [0.4, 0.5) is 5.69 Å². The number of rotatable bonds is 2. The second-order valence-corrected chi connectivity index (χ2v) is 4.07. The molecule has 0 saturated heterocycles. The van der Waals surface area contributed by atoms with Gasteiger partial charge in [0, 0.05) is 0 Å². The largest absolute Gasteiger partial charge is 0.506 e. The van der Waals surface area contributed by atoms with Crippen LogP contribution in [0.5, 0.6) is 5.75 Å². The van der Waals surface area contributed by atoms with Crippen LogP contribution in [0, 0.1) is 0 Å². The highest BCUT2D eigenvalue weighted by Gasteiger charge is 2.04. The summed E-state index contributed by atoms with van der Waals surface area (Å²) in [5.74, 6) is 0.0614. The maximum atomic E-state index is 10.5. The van der Waals surface area contributed by atoms with Crippen molar-refractivity contribution in [3.8, 4) is 16.9 Å². The summed E-state index contributed by atoms with van der Waals surface area (Å²) >= 11 is 1.37. The molecule has 15 heavy (non-hydrogen) atoms. The van der Waals surface area contributed by atoms with Gasteiger partial charge in [-0.2, -0.15) is 0 Å². The number of anilines is 1. The number of carbonyl (C=O) groups excluding carboxylic acids is 1. The second kappa shape index (κ2) is 3.74. The molecule has 0 aliphatic heterocycles. The smallest absolute Gasteiger partial charge is 0.160 e. The van der Waals surface area contributed by atoms with Gasteiger partial charge in [-0.3, -0.25) is 4.79 Å². The van der Waals surface area contributed by atoms with Crippen molar-refractivity contribution >= 4 is 23.3 Å². The van der Waals surface area contributed by atoms with E-state index in [4.69, 9.17) is 5.73 Å². The van der Waals surface area contributed by atoms with Crippen molar-refractivity contribution in [2.24, 2.45) is 0 Å². The number of hydrogen-bond acceptors (Lipinski definition) is 4. The molecule has 0 spiro atoms. The molecule has 0 fully saturated rings. The summed E-state index contributed by atoms with van der Waals surface area (Å²) in [5, 5.41) is 11.3. The highest BCUT2D eigenvalue weighted by atomic mass is 32.1. The summed E-state index contributed by atoms with van der Waals surface area (Å²) in [7, 11) is 0. The predicted octanol–water partition coefficient (Wildman–Crippen LogP) is 2.52. The first-order valence-electron chi connectivity index (χ1n) is 4.33. The molecule has 0 radical (unpaired) electrons. The zero-order valence-electron chi connectivity index (χ0n) is 7.81. The highest BCUT2D eigenvalue weighted by molar-refractivity contribution is 7.12. The highest BCUT2D eigenvalue weighted by Crippen LogP contribution is 2.30. The lowest BCUT2D eigenvalue weighted by Gasteiger charge is -2.01. The Labute approximate surface area is 90.8 Å². The van der Waals surface area contributed by atoms with E-state index in [1.165, 1.54) is 11.3 Å². The molecule has 0 aliphatic rings. The van der Waals surface area contributed by atoms with Crippen molar-refractivity contribution in [1.82, 2.24) is 0 Å². The van der Waals surface area contributed by atoms with Gasteiger partial charge < -0.3 is 10.8 Å². The molecule has 0 unspecified atom stereocenters. The maximum Gasteiger partial charge on any atom is 0.160 e. The molecular formula is C11H9NO2S. The van der Waals surface area contributed by atoms with Gasteiger partial charge in [-0.25, -0.2) is 0 Å². The fraction of sp³-hybridized carbons (Fsp3) is 0. The number of aldehydes is 1. The maximum absolute atomic E-state index is 10.5. The molecule has 4 heteroatoms. The number of carbonyl (C=O) groups is 1. The first kappa shape index (κ1) is 9.73. The van der Waals surface area contributed by atoms with Crippen LogP contribution in [-0.4, -0.2) is 11.4 Å². The van der Waals surface area contributed by atoms with Gasteiger partial charge in [-0.05, 0) is 34.7 Å². The van der Waals surface area contributed by atoms with Crippen LogP contribution >= 0.6 is 11.3 Å². The Kier molecular flexibility index (Phi) is 2.43. The van der Waals surface area contributed by atoms with E-state index in [0.717, 1.165) is 17.4 Å². The third-order valence-electron chi connectivity index (χ3n) is 2.10. The minimum atomic E-state index is 0.0614. The van der Waals surface area contributed by atoms with Crippen LogP contribution < -0.4 is 5.73 Å². The number of hydrogen-bond donors (Lipinski definition) is 2. The van der Waals surface area contributed by atoms with Gasteiger partial charge in [0.15, 0.2) is 6.29 Å². The standard InChI is InChI=1S/C11H9NO2S/c12-10-2-1-7(4-11(10)14)8-3-9(5-13)15-6-8/h1-6,14H,12H2. The van der Waals surface area contributed by atoms with E-state index in [1.807, 2.05) is 11.4 Å². The third kappa shape index (κ3) is 1.85. The van der Waals surface area contributed by atoms with E-state index < -0.39 is 0 Å². The van der Waals surface area contributed by atoms with Crippen LogP contribution in [-0.2, 0) is 0 Å². The van der Waals surface area contributed by atoms with E-state index in [-0.39, 0.29) is 5.75 Å². The predicted molar refractivity (Wildman–Crippen MR) is 61.2 cm³/mol. The number of phenolic OH excluding ortho intramolecular Hbond substituents is 1. The first-order chi connectivity index (χ1) is 7.20. The molecule has 0 aliphatic carbocycles. The van der Waals surface area contributed by atoms with Crippen LogP contribution in [0.15, 0.2) is 29.6 Å². The van der Waals surface area contributed by atoms with Crippen molar-refractivity contribution in [1.29, 1.82) is 0 Å². The normalized spacial score (nSPS) is 10.1. The van der Waals surface area contributed by atoms with Crippen LogP contribution in [0.25, 0.3) is 11.1 Å². The minimum Gasteiger partial charge on any atom is -0.506 e. The molecule has 1 aromatic heterocycles. The van der Waals surface area contributed by atoms with E-state index in [1.54, 1.807) is 18.2 Å². The summed E-state index contributed by atoms with van der Waals surface area (Å²) in [4.78, 5) is 11.2. The van der Waals surface area contributed by atoms with Gasteiger partial charge in [0.2, 0.25) is 0 Å². The summed E-state index contributed by atoms with van der Waals surface area (Å²) in [6.45, 7) is 0. The monoisotopic (exact) mass is 219 g/mol. The lowest BCUT2D eigenvalue weighted by atomic mass is 10.1. The number of aromatic hydroxyl groups is 1. The van der Waals surface area contributed by atoms with Crippen molar-refractivity contribution < 1.29 is 9.90 Å². The van der Waals surface area contributed by atoms with Gasteiger partial charge in [-0.15, -0.1) is 11.3 Å². The molecule has 0 saturated carbocycles. The van der Waals surface area contributed by atoms with Gasteiger partial charge in [0.1, 0.15) is 5.75 Å². The lowest BCUT2D eigenvalue weighted by Crippen LogP contribution is -1.85. The Morgan fingerprint density at radius 2 is 2.07 bits per heavy atom. The average molecular weight is 219 g/mol. The van der Waals surface area contributed by atoms with Crippen molar-refractivity contribution in [3.63, 3.8) is 0 Å². The van der Waals surface area contributed by atoms with Crippen LogP contribution in [0.3, 0.4) is 0 Å².